The zero-order chi connectivity index (χ0) is 20.2. The first-order chi connectivity index (χ1) is 14.1. The second-order valence-corrected chi connectivity index (χ2v) is 8.28. The molecule has 0 atom stereocenters. The van der Waals surface area contributed by atoms with E-state index in [9.17, 15) is 9.18 Å². The Balaban J connectivity index is 1.46. The fourth-order valence-corrected chi connectivity index (χ4v) is 4.47. The maximum atomic E-state index is 13.0. The Morgan fingerprint density at radius 3 is 2.79 bits per heavy atom. The fourth-order valence-electron chi connectivity index (χ4n) is 2.77. The van der Waals surface area contributed by atoms with Crippen LogP contribution in [0.25, 0.3) is 11.0 Å². The Morgan fingerprint density at radius 2 is 2.00 bits per heavy atom. The molecule has 0 unspecified atom stereocenters. The predicted octanol–water partition coefficient (Wildman–Crippen LogP) is 5.11. The van der Waals surface area contributed by atoms with Crippen molar-refractivity contribution in [3.05, 3.63) is 71.2 Å². The standard InChI is InChI=1S/C20H16FN3O3S2/c1-26-10-15-14-4-2-3-5-16(14)27-17(15)18(25)22-19-23-24-20(29-19)28-11-12-6-8-13(21)9-7-12/h2-9H,10-11H2,1H3,(H,22,23,25). The second kappa shape index (κ2) is 8.73. The lowest BCUT2D eigenvalue weighted by atomic mass is 10.1. The molecule has 0 bridgehead atoms. The van der Waals surface area contributed by atoms with Crippen molar-refractivity contribution < 1.29 is 18.3 Å². The number of methoxy groups -OCH3 is 1. The lowest BCUT2D eigenvalue weighted by molar-refractivity contribution is 0.0992. The molecule has 0 fully saturated rings. The Hall–Kier alpha value is -2.75. The first-order valence-electron chi connectivity index (χ1n) is 8.65. The van der Waals surface area contributed by atoms with Crippen LogP contribution in [0, 0.1) is 5.82 Å². The number of hydrogen-bond acceptors (Lipinski definition) is 7. The molecule has 0 spiro atoms. The Kier molecular flexibility index (Phi) is 5.89. The number of aromatic nitrogens is 2. The highest BCUT2D eigenvalue weighted by Gasteiger charge is 2.21. The maximum absolute atomic E-state index is 13.0. The first kappa shape index (κ1) is 19.6. The van der Waals surface area contributed by atoms with Gasteiger partial charge in [-0.15, -0.1) is 10.2 Å². The number of nitrogens with zero attached hydrogens (tertiary/aromatic N) is 2. The topological polar surface area (TPSA) is 77.2 Å². The number of nitrogens with one attached hydrogen (secondary N) is 1. The number of fused-ring (bicyclic) bond motifs is 1. The number of furan rings is 1. The van der Waals surface area contributed by atoms with Crippen LogP contribution in [0.3, 0.4) is 0 Å². The fraction of sp³-hybridized carbons (Fsp3) is 0.150. The van der Waals surface area contributed by atoms with Gasteiger partial charge in [0.1, 0.15) is 11.4 Å². The zero-order valence-corrected chi connectivity index (χ0v) is 17.0. The van der Waals surface area contributed by atoms with Crippen molar-refractivity contribution in [2.24, 2.45) is 0 Å². The smallest absolute Gasteiger partial charge is 0.293 e. The number of carbonyl (C=O) groups excluding carboxylic acids is 1. The molecule has 29 heavy (non-hydrogen) atoms. The van der Waals surface area contributed by atoms with Gasteiger partial charge >= 0.3 is 0 Å². The van der Waals surface area contributed by atoms with Crippen LogP contribution < -0.4 is 5.32 Å². The summed E-state index contributed by atoms with van der Waals surface area (Å²) in [4.78, 5) is 12.7. The van der Waals surface area contributed by atoms with Crippen LogP contribution in [0.15, 0.2) is 57.3 Å². The maximum Gasteiger partial charge on any atom is 0.293 e. The Morgan fingerprint density at radius 1 is 1.21 bits per heavy atom. The quantitative estimate of drug-likeness (QED) is 0.325. The van der Waals surface area contributed by atoms with E-state index in [4.69, 9.17) is 9.15 Å². The number of thioether (sulfide) groups is 1. The third kappa shape index (κ3) is 4.47. The number of amides is 1. The zero-order valence-electron chi connectivity index (χ0n) is 15.3. The van der Waals surface area contributed by atoms with Gasteiger partial charge in [0.15, 0.2) is 10.1 Å². The molecule has 6 nitrogen and oxygen atoms in total. The molecule has 0 aliphatic carbocycles. The van der Waals surface area contributed by atoms with E-state index in [0.717, 1.165) is 10.9 Å². The van der Waals surface area contributed by atoms with Gasteiger partial charge in [0.05, 0.1) is 6.61 Å². The van der Waals surface area contributed by atoms with Crippen molar-refractivity contribution in [3.8, 4) is 0 Å². The molecule has 0 aliphatic rings. The van der Waals surface area contributed by atoms with Gasteiger partial charge in [-0.05, 0) is 23.8 Å². The number of halogens is 1. The molecule has 9 heteroatoms. The number of para-hydroxylation sites is 1. The van der Waals surface area contributed by atoms with E-state index in [-0.39, 0.29) is 18.2 Å². The molecule has 2 aromatic carbocycles. The molecule has 2 aromatic heterocycles. The number of hydrogen-bond donors (Lipinski definition) is 1. The van der Waals surface area contributed by atoms with E-state index in [0.29, 0.717) is 26.4 Å². The molecule has 0 saturated carbocycles. The minimum Gasteiger partial charge on any atom is -0.451 e. The highest BCUT2D eigenvalue weighted by atomic mass is 32.2. The molecular formula is C20H16FN3O3S2. The summed E-state index contributed by atoms with van der Waals surface area (Å²) < 4.78 is 24.6. The monoisotopic (exact) mass is 429 g/mol. The molecule has 0 aliphatic heterocycles. The van der Waals surface area contributed by atoms with Gasteiger partial charge in [-0.25, -0.2) is 4.39 Å². The molecule has 0 saturated heterocycles. The van der Waals surface area contributed by atoms with Crippen LogP contribution in [-0.2, 0) is 17.1 Å². The minimum atomic E-state index is -0.403. The summed E-state index contributed by atoms with van der Waals surface area (Å²) in [5.41, 5.74) is 2.29. The average Bonchev–Trinajstić information content (AvgIpc) is 3.33. The number of rotatable bonds is 7. The first-order valence-corrected chi connectivity index (χ1v) is 10.5. The van der Waals surface area contributed by atoms with E-state index in [1.165, 1.54) is 35.2 Å². The molecule has 148 valence electrons. The number of carbonyl (C=O) groups is 1. The van der Waals surface area contributed by atoms with Gasteiger partial charge in [-0.1, -0.05) is 53.4 Å². The average molecular weight is 429 g/mol. The van der Waals surface area contributed by atoms with Crippen molar-refractivity contribution >= 4 is 45.1 Å². The van der Waals surface area contributed by atoms with E-state index >= 15 is 0 Å². The van der Waals surface area contributed by atoms with Gasteiger partial charge in [0.2, 0.25) is 5.13 Å². The van der Waals surface area contributed by atoms with Crippen LogP contribution >= 0.6 is 23.1 Å². The molecule has 1 amide bonds. The summed E-state index contributed by atoms with van der Waals surface area (Å²) >= 11 is 2.73. The SMILES string of the molecule is COCc1c(C(=O)Nc2nnc(SCc3ccc(F)cc3)s2)oc2ccccc12. The van der Waals surface area contributed by atoms with Crippen molar-refractivity contribution in [2.75, 3.05) is 12.4 Å². The number of anilines is 1. The minimum absolute atomic E-state index is 0.198. The van der Waals surface area contributed by atoms with E-state index in [1.54, 1.807) is 25.3 Å². The molecule has 2 heterocycles. The molecule has 1 N–H and O–H groups in total. The largest absolute Gasteiger partial charge is 0.451 e. The van der Waals surface area contributed by atoms with Crippen molar-refractivity contribution in [1.29, 1.82) is 0 Å². The van der Waals surface area contributed by atoms with Crippen molar-refractivity contribution in [2.45, 2.75) is 16.7 Å². The van der Waals surface area contributed by atoms with Crippen LogP contribution in [0.1, 0.15) is 21.7 Å². The second-order valence-electron chi connectivity index (χ2n) is 6.08. The lowest BCUT2D eigenvalue weighted by Crippen LogP contribution is -2.13. The summed E-state index contributed by atoms with van der Waals surface area (Å²) in [5.74, 6) is 0.158. The van der Waals surface area contributed by atoms with E-state index in [1.807, 2.05) is 18.2 Å². The van der Waals surface area contributed by atoms with Crippen molar-refractivity contribution in [3.63, 3.8) is 0 Å². The van der Waals surface area contributed by atoms with E-state index < -0.39 is 5.91 Å². The molecule has 0 radical (unpaired) electrons. The summed E-state index contributed by atoms with van der Waals surface area (Å²) in [6, 6.07) is 13.7. The van der Waals surface area contributed by atoms with Crippen LogP contribution in [0.5, 0.6) is 0 Å². The van der Waals surface area contributed by atoms with Crippen LogP contribution in [0.2, 0.25) is 0 Å². The third-order valence-electron chi connectivity index (χ3n) is 4.10. The Labute approximate surface area is 174 Å². The van der Waals surface area contributed by atoms with E-state index in [2.05, 4.69) is 15.5 Å². The Bertz CT molecular complexity index is 1140. The van der Waals surface area contributed by atoms with Crippen LogP contribution in [-0.4, -0.2) is 23.2 Å². The number of ether oxygens (including phenoxy) is 1. The third-order valence-corrected chi connectivity index (χ3v) is 6.14. The summed E-state index contributed by atoms with van der Waals surface area (Å²) in [6.45, 7) is 0.259. The summed E-state index contributed by atoms with van der Waals surface area (Å²) in [5, 5.41) is 12.1. The molecule has 4 rings (SSSR count). The van der Waals surface area contributed by atoms with Gasteiger partial charge in [0.25, 0.3) is 5.91 Å². The van der Waals surface area contributed by atoms with Gasteiger partial charge < -0.3 is 9.15 Å². The number of benzene rings is 2. The highest BCUT2D eigenvalue weighted by molar-refractivity contribution is 8.00. The summed E-state index contributed by atoms with van der Waals surface area (Å²) in [6.07, 6.45) is 0. The van der Waals surface area contributed by atoms with Gasteiger partial charge in [0, 0.05) is 23.8 Å². The van der Waals surface area contributed by atoms with Crippen LogP contribution in [0.4, 0.5) is 9.52 Å². The highest BCUT2D eigenvalue weighted by Crippen LogP contribution is 2.30. The van der Waals surface area contributed by atoms with Gasteiger partial charge in [-0.3, -0.25) is 10.1 Å². The predicted molar refractivity (Wildman–Crippen MR) is 111 cm³/mol. The lowest BCUT2D eigenvalue weighted by Gasteiger charge is -2.01. The van der Waals surface area contributed by atoms with Crippen molar-refractivity contribution in [1.82, 2.24) is 10.2 Å². The normalized spacial score (nSPS) is 11.1. The molecule has 4 aromatic rings. The van der Waals surface area contributed by atoms with Gasteiger partial charge in [-0.2, -0.15) is 0 Å². The molecular weight excluding hydrogens is 413 g/mol. The summed E-state index contributed by atoms with van der Waals surface area (Å²) in [7, 11) is 1.57.